The predicted molar refractivity (Wildman–Crippen MR) is 118 cm³/mol. The Bertz CT molecular complexity index is 1250. The molecule has 0 radical (unpaired) electrons. The van der Waals surface area contributed by atoms with E-state index < -0.39 is 0 Å². The van der Waals surface area contributed by atoms with E-state index in [0.717, 1.165) is 32.1 Å². The number of benzene rings is 2. The molecule has 29 heavy (non-hydrogen) atoms. The molecular formula is C21H18N4O2S2. The summed E-state index contributed by atoms with van der Waals surface area (Å²) in [5.74, 6) is 0.335. The van der Waals surface area contributed by atoms with Crippen molar-refractivity contribution in [2.45, 2.75) is 23.9 Å². The van der Waals surface area contributed by atoms with Crippen LogP contribution in [-0.4, -0.2) is 21.1 Å². The lowest BCUT2D eigenvalue weighted by molar-refractivity contribution is 0.102. The van der Waals surface area contributed by atoms with E-state index in [0.29, 0.717) is 16.4 Å². The zero-order chi connectivity index (χ0) is 20.4. The van der Waals surface area contributed by atoms with Gasteiger partial charge in [-0.2, -0.15) is 0 Å². The van der Waals surface area contributed by atoms with Crippen molar-refractivity contribution in [3.8, 4) is 0 Å². The molecular weight excluding hydrogens is 404 g/mol. The summed E-state index contributed by atoms with van der Waals surface area (Å²) in [6.07, 6.45) is 0. The van der Waals surface area contributed by atoms with Crippen molar-refractivity contribution in [2.75, 3.05) is 5.32 Å². The molecule has 0 saturated carbocycles. The second-order valence-corrected chi connectivity index (χ2v) is 8.85. The molecule has 6 nitrogen and oxygen atoms in total. The second kappa shape index (κ2) is 8.18. The molecule has 8 heteroatoms. The van der Waals surface area contributed by atoms with Crippen molar-refractivity contribution < 1.29 is 4.79 Å². The van der Waals surface area contributed by atoms with Crippen LogP contribution in [0.1, 0.15) is 27.2 Å². The first-order valence-corrected chi connectivity index (χ1v) is 10.8. The normalized spacial score (nSPS) is 11.0. The number of carbonyl (C=O) groups is 1. The molecule has 2 aromatic carbocycles. The molecule has 0 unspecified atom stereocenters. The van der Waals surface area contributed by atoms with E-state index in [-0.39, 0.29) is 11.3 Å². The van der Waals surface area contributed by atoms with E-state index >= 15 is 0 Å². The van der Waals surface area contributed by atoms with Crippen molar-refractivity contribution in [3.63, 3.8) is 0 Å². The third-order valence-corrected chi connectivity index (χ3v) is 6.36. The standard InChI is InChI=1S/C21H18N4O2S2/c1-12-8-13(2)18-16(9-12)22-15(10-17(18)26)11-28-21-25-24-20(29-21)23-19(27)14-6-4-3-5-7-14/h3-10H,11H2,1-2H3,(H,22,26)(H,23,24,27). The highest BCUT2D eigenvalue weighted by Crippen LogP contribution is 2.28. The smallest absolute Gasteiger partial charge is 0.257 e. The van der Waals surface area contributed by atoms with Crippen LogP contribution in [0, 0.1) is 13.8 Å². The van der Waals surface area contributed by atoms with Crippen molar-refractivity contribution in [1.82, 2.24) is 15.2 Å². The predicted octanol–water partition coefficient (Wildman–Crippen LogP) is 4.54. The Kier molecular flexibility index (Phi) is 5.46. The maximum absolute atomic E-state index is 12.5. The number of aromatic nitrogens is 3. The number of anilines is 1. The Hall–Kier alpha value is -2.97. The van der Waals surface area contributed by atoms with Gasteiger partial charge in [-0.1, -0.05) is 47.4 Å². The molecule has 2 heterocycles. The van der Waals surface area contributed by atoms with Gasteiger partial charge in [0.05, 0.1) is 5.52 Å². The lowest BCUT2D eigenvalue weighted by atomic mass is 10.1. The highest BCUT2D eigenvalue weighted by Gasteiger charge is 2.11. The molecule has 0 aliphatic heterocycles. The minimum atomic E-state index is -0.220. The summed E-state index contributed by atoms with van der Waals surface area (Å²) in [4.78, 5) is 28.0. The number of pyridine rings is 1. The molecule has 0 atom stereocenters. The van der Waals surface area contributed by atoms with Crippen molar-refractivity contribution >= 4 is 45.0 Å². The number of aryl methyl sites for hydroxylation is 2. The van der Waals surface area contributed by atoms with Crippen LogP contribution < -0.4 is 10.7 Å². The maximum Gasteiger partial charge on any atom is 0.257 e. The first-order chi connectivity index (χ1) is 14.0. The Morgan fingerprint density at radius 3 is 2.72 bits per heavy atom. The number of aromatic amines is 1. The second-order valence-electron chi connectivity index (χ2n) is 6.65. The van der Waals surface area contributed by atoms with Crippen molar-refractivity contribution in [2.24, 2.45) is 0 Å². The van der Waals surface area contributed by atoms with E-state index in [1.807, 2.05) is 44.2 Å². The Labute approximate surface area is 175 Å². The van der Waals surface area contributed by atoms with Crippen LogP contribution >= 0.6 is 23.1 Å². The monoisotopic (exact) mass is 422 g/mol. The van der Waals surface area contributed by atoms with E-state index in [4.69, 9.17) is 0 Å². The fraction of sp³-hybridized carbons (Fsp3) is 0.143. The van der Waals surface area contributed by atoms with Crippen LogP contribution in [0.25, 0.3) is 10.9 Å². The van der Waals surface area contributed by atoms with Gasteiger partial charge in [0, 0.05) is 28.5 Å². The van der Waals surface area contributed by atoms with E-state index in [2.05, 4.69) is 20.5 Å². The number of hydrogen-bond acceptors (Lipinski definition) is 6. The third-order valence-electron chi connectivity index (χ3n) is 4.34. The lowest BCUT2D eigenvalue weighted by Gasteiger charge is -2.07. The molecule has 146 valence electrons. The van der Waals surface area contributed by atoms with E-state index in [9.17, 15) is 9.59 Å². The van der Waals surface area contributed by atoms with Gasteiger partial charge in [0.25, 0.3) is 5.91 Å². The molecule has 0 fully saturated rings. The third kappa shape index (κ3) is 4.38. The summed E-state index contributed by atoms with van der Waals surface area (Å²) in [7, 11) is 0. The molecule has 0 saturated heterocycles. The van der Waals surface area contributed by atoms with Gasteiger partial charge < -0.3 is 4.98 Å². The van der Waals surface area contributed by atoms with Crippen LogP contribution in [-0.2, 0) is 5.75 Å². The topological polar surface area (TPSA) is 87.7 Å². The minimum absolute atomic E-state index is 0.0138. The fourth-order valence-electron chi connectivity index (χ4n) is 3.13. The Morgan fingerprint density at radius 1 is 1.14 bits per heavy atom. The van der Waals surface area contributed by atoms with Gasteiger partial charge in [0.2, 0.25) is 5.13 Å². The largest absolute Gasteiger partial charge is 0.357 e. The maximum atomic E-state index is 12.5. The summed E-state index contributed by atoms with van der Waals surface area (Å²) in [6.45, 7) is 3.96. The summed E-state index contributed by atoms with van der Waals surface area (Å²) in [6, 6.07) is 14.6. The molecule has 2 aromatic heterocycles. The number of thioether (sulfide) groups is 1. The average molecular weight is 423 g/mol. The van der Waals surface area contributed by atoms with Crippen LogP contribution in [0.15, 0.2) is 57.7 Å². The van der Waals surface area contributed by atoms with Crippen molar-refractivity contribution in [1.29, 1.82) is 0 Å². The highest BCUT2D eigenvalue weighted by atomic mass is 32.2. The Balaban J connectivity index is 1.46. The number of nitrogens with one attached hydrogen (secondary N) is 2. The number of hydrogen-bond donors (Lipinski definition) is 2. The number of amides is 1. The van der Waals surface area contributed by atoms with E-state index in [1.54, 1.807) is 18.2 Å². The SMILES string of the molecule is Cc1cc(C)c2c(=O)cc(CSc3nnc(NC(=O)c4ccccc4)s3)[nH]c2c1. The summed E-state index contributed by atoms with van der Waals surface area (Å²) < 4.78 is 0.717. The number of rotatable bonds is 5. The number of carbonyl (C=O) groups excluding carboxylic acids is 1. The van der Waals surface area contributed by atoms with E-state index in [1.165, 1.54) is 23.1 Å². The van der Waals surface area contributed by atoms with Gasteiger partial charge in [-0.25, -0.2) is 0 Å². The van der Waals surface area contributed by atoms with Crippen molar-refractivity contribution in [3.05, 3.63) is 81.1 Å². The quantitative estimate of drug-likeness (QED) is 0.364. The fourth-order valence-corrected chi connectivity index (χ4v) is 4.78. The highest BCUT2D eigenvalue weighted by molar-refractivity contribution is 8.00. The first kappa shape index (κ1) is 19.4. The summed E-state index contributed by atoms with van der Waals surface area (Å²) in [5.41, 5.74) is 4.33. The zero-order valence-corrected chi connectivity index (χ0v) is 17.5. The molecule has 4 aromatic rings. The van der Waals surface area contributed by atoms with Gasteiger partial charge in [0.1, 0.15) is 0 Å². The zero-order valence-electron chi connectivity index (χ0n) is 15.9. The molecule has 0 bridgehead atoms. The molecule has 2 N–H and O–H groups in total. The van der Waals surface area contributed by atoms with Gasteiger partial charge in [-0.3, -0.25) is 14.9 Å². The van der Waals surface area contributed by atoms with Gasteiger partial charge in [0.15, 0.2) is 9.77 Å². The van der Waals surface area contributed by atoms with Crippen LogP contribution in [0.3, 0.4) is 0 Å². The van der Waals surface area contributed by atoms with Crippen LogP contribution in [0.4, 0.5) is 5.13 Å². The molecule has 0 aliphatic carbocycles. The summed E-state index contributed by atoms with van der Waals surface area (Å²) in [5, 5.41) is 12.1. The van der Waals surface area contributed by atoms with Crippen LogP contribution in [0.2, 0.25) is 0 Å². The first-order valence-electron chi connectivity index (χ1n) is 8.95. The molecule has 4 rings (SSSR count). The minimum Gasteiger partial charge on any atom is -0.357 e. The summed E-state index contributed by atoms with van der Waals surface area (Å²) >= 11 is 2.77. The average Bonchev–Trinajstić information content (AvgIpc) is 3.13. The Morgan fingerprint density at radius 2 is 1.93 bits per heavy atom. The van der Waals surface area contributed by atoms with Gasteiger partial charge in [-0.15, -0.1) is 10.2 Å². The van der Waals surface area contributed by atoms with Gasteiger partial charge >= 0.3 is 0 Å². The van der Waals surface area contributed by atoms with Gasteiger partial charge in [-0.05, 0) is 43.2 Å². The lowest BCUT2D eigenvalue weighted by Crippen LogP contribution is -2.11. The number of H-pyrrole nitrogens is 1. The molecule has 0 spiro atoms. The number of fused-ring (bicyclic) bond motifs is 1. The van der Waals surface area contributed by atoms with Crippen LogP contribution in [0.5, 0.6) is 0 Å². The molecule has 1 amide bonds. The molecule has 0 aliphatic rings. The number of nitrogens with zero attached hydrogens (tertiary/aromatic N) is 2.